The third-order valence-electron chi connectivity index (χ3n) is 7.83. The smallest absolute Gasteiger partial charge is 0.254 e. The van der Waals surface area contributed by atoms with E-state index in [1.54, 1.807) is 12.7 Å². The fourth-order valence-corrected chi connectivity index (χ4v) is 5.73. The molecule has 0 spiro atoms. The van der Waals surface area contributed by atoms with Crippen molar-refractivity contribution < 1.29 is 4.79 Å². The Bertz CT molecular complexity index is 1330. The van der Waals surface area contributed by atoms with Crippen LogP contribution in [0, 0.1) is 5.92 Å². The van der Waals surface area contributed by atoms with Crippen molar-refractivity contribution in [3.63, 3.8) is 0 Å². The van der Waals surface area contributed by atoms with Crippen molar-refractivity contribution in [1.82, 2.24) is 24.8 Å². The van der Waals surface area contributed by atoms with Crippen LogP contribution in [-0.4, -0.2) is 43.3 Å². The summed E-state index contributed by atoms with van der Waals surface area (Å²) in [5.74, 6) is 0.479. The lowest BCUT2D eigenvalue weighted by molar-refractivity contribution is 0.0251. The number of imidazole rings is 1. The molecule has 3 atom stereocenters. The van der Waals surface area contributed by atoms with Gasteiger partial charge in [0, 0.05) is 36.1 Å². The van der Waals surface area contributed by atoms with Crippen LogP contribution in [0.1, 0.15) is 41.8 Å². The van der Waals surface area contributed by atoms with E-state index in [2.05, 4.69) is 56.9 Å². The van der Waals surface area contributed by atoms with E-state index in [0.29, 0.717) is 5.92 Å². The van der Waals surface area contributed by atoms with Gasteiger partial charge in [-0.25, -0.2) is 15.0 Å². The van der Waals surface area contributed by atoms with Gasteiger partial charge in [0.15, 0.2) is 0 Å². The van der Waals surface area contributed by atoms with Gasteiger partial charge in [-0.1, -0.05) is 32.0 Å². The number of hydrogen-bond acceptors (Lipinski definition) is 4. The number of aromatic amines is 1. The number of carbonyl (C=O) groups excluding carboxylic acids is 1. The Kier molecular flexibility index (Phi) is 4.18. The highest BCUT2D eigenvalue weighted by molar-refractivity contribution is 5.97. The minimum atomic E-state index is 0.0357. The maximum Gasteiger partial charge on any atom is 0.254 e. The highest BCUT2D eigenvalue weighted by Gasteiger charge is 2.49. The number of hydrogen-bond donors (Lipinski definition) is 1. The third-order valence-corrected chi connectivity index (χ3v) is 7.83. The van der Waals surface area contributed by atoms with Gasteiger partial charge in [-0.05, 0) is 59.1 Å². The SMILES string of the molecule is CC1C2Cc3ccc(-c4cncnc4)cc3[C@]1(C)CCN2C(=O)c1ccc2nc[nH]c2c1. The molecule has 160 valence electrons. The first kappa shape index (κ1) is 19.2. The van der Waals surface area contributed by atoms with Crippen molar-refractivity contribution in [3.8, 4) is 11.1 Å². The fraction of sp³-hybridized carbons (Fsp3) is 0.308. The van der Waals surface area contributed by atoms with Crippen molar-refractivity contribution in [2.45, 2.75) is 38.1 Å². The highest BCUT2D eigenvalue weighted by atomic mass is 16.2. The monoisotopic (exact) mass is 423 g/mol. The van der Waals surface area contributed by atoms with Crippen molar-refractivity contribution in [1.29, 1.82) is 0 Å². The van der Waals surface area contributed by atoms with Crippen LogP contribution < -0.4 is 0 Å². The molecule has 6 rings (SSSR count). The fourth-order valence-electron chi connectivity index (χ4n) is 5.73. The molecule has 3 heterocycles. The van der Waals surface area contributed by atoms with Crippen molar-refractivity contribution in [2.24, 2.45) is 5.92 Å². The van der Waals surface area contributed by atoms with E-state index < -0.39 is 0 Å². The molecule has 1 saturated heterocycles. The number of benzene rings is 2. The summed E-state index contributed by atoms with van der Waals surface area (Å²) in [6, 6.07) is 12.6. The Morgan fingerprint density at radius 2 is 1.97 bits per heavy atom. The number of nitrogens with one attached hydrogen (secondary N) is 1. The van der Waals surface area contributed by atoms with Crippen LogP contribution in [0.15, 0.2) is 61.4 Å². The van der Waals surface area contributed by atoms with Crippen LogP contribution in [-0.2, 0) is 11.8 Å². The number of likely N-dealkylation sites (tertiary alicyclic amines) is 1. The van der Waals surface area contributed by atoms with E-state index >= 15 is 0 Å². The lowest BCUT2D eigenvalue weighted by Crippen LogP contribution is -2.59. The number of fused-ring (bicyclic) bond motifs is 5. The maximum absolute atomic E-state index is 13.5. The van der Waals surface area contributed by atoms with Gasteiger partial charge in [0.2, 0.25) is 0 Å². The molecule has 1 N–H and O–H groups in total. The van der Waals surface area contributed by atoms with Gasteiger partial charge in [-0.15, -0.1) is 0 Å². The average Bonchev–Trinajstić information content (AvgIpc) is 3.29. The molecule has 2 aromatic carbocycles. The van der Waals surface area contributed by atoms with Crippen molar-refractivity contribution >= 4 is 16.9 Å². The summed E-state index contributed by atoms with van der Waals surface area (Å²) in [6.45, 7) is 5.44. The van der Waals surface area contributed by atoms with Gasteiger partial charge in [-0.2, -0.15) is 0 Å². The summed E-state index contributed by atoms with van der Waals surface area (Å²) >= 11 is 0. The third kappa shape index (κ3) is 2.79. The van der Waals surface area contributed by atoms with Gasteiger partial charge in [-0.3, -0.25) is 4.79 Å². The minimum absolute atomic E-state index is 0.0357. The number of amides is 1. The van der Waals surface area contributed by atoms with Gasteiger partial charge >= 0.3 is 0 Å². The quantitative estimate of drug-likeness (QED) is 0.519. The Balaban J connectivity index is 1.36. The van der Waals surface area contributed by atoms with E-state index in [1.807, 2.05) is 30.6 Å². The lowest BCUT2D eigenvalue weighted by atomic mass is 9.58. The molecule has 0 radical (unpaired) electrons. The molecule has 6 nitrogen and oxygen atoms in total. The highest BCUT2D eigenvalue weighted by Crippen LogP contribution is 2.49. The zero-order chi connectivity index (χ0) is 21.9. The number of H-pyrrole nitrogens is 1. The van der Waals surface area contributed by atoms with Gasteiger partial charge in [0.25, 0.3) is 5.91 Å². The standard InChI is InChI=1S/C26H25N5O/c1-16-24-11-18-4-3-17(20-12-27-14-28-13-20)9-21(18)26(16,2)7-8-31(24)25(32)19-5-6-22-23(10-19)30-15-29-22/h3-6,9-10,12-16,24H,7-8,11H2,1-2H3,(H,29,30)/t16?,24?,26-/m1/s1. The Labute approximate surface area is 186 Å². The summed E-state index contributed by atoms with van der Waals surface area (Å²) < 4.78 is 0. The topological polar surface area (TPSA) is 74.8 Å². The zero-order valence-corrected chi connectivity index (χ0v) is 18.2. The first-order chi connectivity index (χ1) is 15.5. The summed E-state index contributed by atoms with van der Waals surface area (Å²) in [5, 5.41) is 0. The first-order valence-electron chi connectivity index (χ1n) is 11.2. The Morgan fingerprint density at radius 3 is 2.81 bits per heavy atom. The Hall–Kier alpha value is -3.54. The van der Waals surface area contributed by atoms with Gasteiger partial charge < -0.3 is 9.88 Å². The molecule has 1 aliphatic heterocycles. The number of carbonyl (C=O) groups is 1. The lowest BCUT2D eigenvalue weighted by Gasteiger charge is -2.54. The van der Waals surface area contributed by atoms with E-state index in [1.165, 1.54) is 11.1 Å². The molecule has 2 aliphatic rings. The number of nitrogens with zero attached hydrogens (tertiary/aromatic N) is 4. The molecule has 0 saturated carbocycles. The Morgan fingerprint density at radius 1 is 1.12 bits per heavy atom. The predicted molar refractivity (Wildman–Crippen MR) is 123 cm³/mol. The van der Waals surface area contributed by atoms with E-state index in [9.17, 15) is 4.79 Å². The summed E-state index contributed by atoms with van der Waals surface area (Å²) in [4.78, 5) is 31.4. The summed E-state index contributed by atoms with van der Waals surface area (Å²) in [7, 11) is 0. The molecule has 1 aliphatic carbocycles. The molecule has 2 unspecified atom stereocenters. The molecule has 2 aromatic heterocycles. The predicted octanol–water partition coefficient (Wildman–Crippen LogP) is 4.38. The van der Waals surface area contributed by atoms with Gasteiger partial charge in [0.05, 0.1) is 17.4 Å². The number of aromatic nitrogens is 4. The van der Waals surface area contributed by atoms with Crippen LogP contribution in [0.5, 0.6) is 0 Å². The van der Waals surface area contributed by atoms with Crippen LogP contribution in [0.25, 0.3) is 22.2 Å². The average molecular weight is 424 g/mol. The maximum atomic E-state index is 13.5. The first-order valence-corrected chi connectivity index (χ1v) is 11.2. The summed E-state index contributed by atoms with van der Waals surface area (Å²) in [5.41, 5.74) is 7.49. The second-order valence-corrected chi connectivity index (χ2v) is 9.36. The largest absolute Gasteiger partial charge is 0.345 e. The van der Waals surface area contributed by atoms with Crippen LogP contribution in [0.3, 0.4) is 0 Å². The molecular weight excluding hydrogens is 398 g/mol. The molecular formula is C26H25N5O. The van der Waals surface area contributed by atoms with Crippen LogP contribution >= 0.6 is 0 Å². The second-order valence-electron chi connectivity index (χ2n) is 9.36. The minimum Gasteiger partial charge on any atom is -0.345 e. The second kappa shape index (κ2) is 6.99. The summed E-state index contributed by atoms with van der Waals surface area (Å²) in [6.07, 6.45) is 8.79. The van der Waals surface area contributed by atoms with Gasteiger partial charge in [0.1, 0.15) is 6.33 Å². The zero-order valence-electron chi connectivity index (χ0n) is 18.2. The normalized spacial score (nSPS) is 24.4. The van der Waals surface area contributed by atoms with Crippen molar-refractivity contribution in [2.75, 3.05) is 6.54 Å². The number of piperidine rings is 1. The van der Waals surface area contributed by atoms with E-state index in [-0.39, 0.29) is 17.4 Å². The molecule has 32 heavy (non-hydrogen) atoms. The molecule has 1 fully saturated rings. The van der Waals surface area contributed by atoms with Crippen LogP contribution in [0.2, 0.25) is 0 Å². The number of rotatable bonds is 2. The molecule has 4 aromatic rings. The van der Waals surface area contributed by atoms with E-state index in [0.717, 1.165) is 47.1 Å². The van der Waals surface area contributed by atoms with Crippen molar-refractivity contribution in [3.05, 3.63) is 78.1 Å². The van der Waals surface area contributed by atoms with E-state index in [4.69, 9.17) is 0 Å². The molecule has 6 heteroatoms. The van der Waals surface area contributed by atoms with Crippen LogP contribution in [0.4, 0.5) is 0 Å². The molecule has 2 bridgehead atoms. The molecule has 1 amide bonds.